The van der Waals surface area contributed by atoms with Gasteiger partial charge in [-0.05, 0) is 92.5 Å². The fourth-order valence-electron chi connectivity index (χ4n) is 7.19. The van der Waals surface area contributed by atoms with Crippen molar-refractivity contribution in [3.8, 4) is 22.6 Å². The molecule has 1 aliphatic carbocycles. The molecule has 4 N–H and O–H groups in total. The Morgan fingerprint density at radius 1 is 0.981 bits per heavy atom. The van der Waals surface area contributed by atoms with E-state index in [9.17, 15) is 31.8 Å². The third-order valence-corrected chi connectivity index (χ3v) is 15.1. The second kappa shape index (κ2) is 16.7. The smallest absolute Gasteiger partial charge is 0.246 e. The molecule has 3 aromatic rings. The molecule has 3 aromatic carbocycles. The van der Waals surface area contributed by atoms with E-state index in [-0.39, 0.29) is 34.9 Å². The van der Waals surface area contributed by atoms with Crippen molar-refractivity contribution in [3.05, 3.63) is 72.3 Å². The molecule has 1 spiro atoms. The molecule has 13 nitrogen and oxygen atoms in total. The van der Waals surface area contributed by atoms with Crippen molar-refractivity contribution in [2.75, 3.05) is 52.6 Å². The number of carbonyl (C=O) groups is 1. The molecule has 0 aromatic heterocycles. The van der Waals surface area contributed by atoms with Crippen LogP contribution in [-0.4, -0.2) is 112 Å². The van der Waals surface area contributed by atoms with Crippen LogP contribution >= 0.6 is 0 Å². The molecule has 2 atom stereocenters. The van der Waals surface area contributed by atoms with Gasteiger partial charge in [0.2, 0.25) is 15.9 Å². The number of aliphatic hydroxyl groups is 2. The summed E-state index contributed by atoms with van der Waals surface area (Å²) in [4.78, 5) is 11.4. The molecule has 2 saturated heterocycles. The summed E-state index contributed by atoms with van der Waals surface area (Å²) in [6, 6.07) is 19.2. The minimum Gasteiger partial charge on any atom is -0.492 e. The minimum atomic E-state index is -3.90. The van der Waals surface area contributed by atoms with Gasteiger partial charge in [0, 0.05) is 39.1 Å². The number of sulfonamides is 1. The highest BCUT2D eigenvalue weighted by atomic mass is 32.2. The third kappa shape index (κ3) is 8.93. The van der Waals surface area contributed by atoms with E-state index in [0.29, 0.717) is 82.9 Å². The summed E-state index contributed by atoms with van der Waals surface area (Å²) >= 11 is 0. The molecule has 0 bridgehead atoms. The topological polar surface area (TPSA) is 181 Å². The zero-order valence-corrected chi connectivity index (χ0v) is 32.5. The van der Waals surface area contributed by atoms with E-state index in [1.165, 1.54) is 23.4 Å². The quantitative estimate of drug-likeness (QED) is 0.158. The number of hydrogen-bond donors (Lipinski definition) is 4. The van der Waals surface area contributed by atoms with Crippen LogP contribution in [0.1, 0.15) is 51.5 Å². The number of carbonyl (C=O) groups excluding carboxylic acids is 1. The summed E-state index contributed by atoms with van der Waals surface area (Å²) in [5, 5.41) is 26.4. The van der Waals surface area contributed by atoms with Crippen LogP contribution < -0.4 is 20.1 Å². The van der Waals surface area contributed by atoms with E-state index in [1.807, 2.05) is 37.3 Å². The molecule has 2 aliphatic heterocycles. The predicted octanol–water partition coefficient (Wildman–Crippen LogP) is 3.07. The van der Waals surface area contributed by atoms with Gasteiger partial charge in [0.15, 0.2) is 9.84 Å². The maximum atomic E-state index is 14.1. The Bertz CT molecular complexity index is 1990. The summed E-state index contributed by atoms with van der Waals surface area (Å²) < 4.78 is 72.3. The normalized spacial score (nSPS) is 20.0. The molecule has 54 heavy (non-hydrogen) atoms. The molecule has 3 aliphatic rings. The first-order chi connectivity index (χ1) is 25.8. The summed E-state index contributed by atoms with van der Waals surface area (Å²) in [5.74, 6) is 0.554. The van der Waals surface area contributed by atoms with Gasteiger partial charge in [0.1, 0.15) is 29.1 Å². The third-order valence-electron chi connectivity index (χ3n) is 10.6. The number of sulfone groups is 1. The average molecular weight is 786 g/mol. The summed E-state index contributed by atoms with van der Waals surface area (Å²) in [5.41, 5.74) is 2.21. The van der Waals surface area contributed by atoms with Crippen molar-refractivity contribution in [2.24, 2.45) is 0 Å². The van der Waals surface area contributed by atoms with E-state index in [2.05, 4.69) is 10.6 Å². The fourth-order valence-corrected chi connectivity index (χ4v) is 10.6. The first-order valence-corrected chi connectivity index (χ1v) is 21.5. The Morgan fingerprint density at radius 2 is 1.70 bits per heavy atom. The van der Waals surface area contributed by atoms with Gasteiger partial charge in [0.05, 0.1) is 35.1 Å². The van der Waals surface area contributed by atoms with Crippen LogP contribution in [0, 0.1) is 0 Å². The Kier molecular flexibility index (Phi) is 12.4. The maximum Gasteiger partial charge on any atom is 0.246 e. The molecule has 3 fully saturated rings. The first kappa shape index (κ1) is 40.1. The Balaban J connectivity index is 1.01. The highest BCUT2D eigenvalue weighted by Crippen LogP contribution is 2.46. The van der Waals surface area contributed by atoms with Gasteiger partial charge < -0.3 is 35.1 Å². The zero-order valence-electron chi connectivity index (χ0n) is 30.8. The zero-order chi connectivity index (χ0) is 38.6. The van der Waals surface area contributed by atoms with Crippen LogP contribution in [0.3, 0.4) is 0 Å². The molecular weight excluding hydrogens is 735 g/mol. The van der Waals surface area contributed by atoms with Crippen LogP contribution in [0.4, 0.5) is 0 Å². The summed E-state index contributed by atoms with van der Waals surface area (Å²) in [6.07, 6.45) is 2.39. The minimum absolute atomic E-state index is 0.0393. The Labute approximate surface area is 318 Å². The number of piperidine rings is 1. The molecule has 6 rings (SSSR count). The van der Waals surface area contributed by atoms with Crippen molar-refractivity contribution in [2.45, 2.75) is 84.7 Å². The van der Waals surface area contributed by atoms with E-state index < -0.39 is 42.9 Å². The van der Waals surface area contributed by atoms with Gasteiger partial charge in [0.25, 0.3) is 0 Å². The fraction of sp³-hybridized carbons (Fsp3) is 0.513. The molecule has 15 heteroatoms. The lowest BCUT2D eigenvalue weighted by molar-refractivity contribution is -0.118. The van der Waals surface area contributed by atoms with Gasteiger partial charge in [-0.3, -0.25) is 4.79 Å². The lowest BCUT2D eigenvalue weighted by Gasteiger charge is -2.38. The van der Waals surface area contributed by atoms with Gasteiger partial charge in [-0.25, -0.2) is 16.8 Å². The second-order valence-corrected chi connectivity index (χ2v) is 18.8. The van der Waals surface area contributed by atoms with E-state index >= 15 is 0 Å². The summed E-state index contributed by atoms with van der Waals surface area (Å²) in [6.45, 7) is 4.93. The number of hydrogen-bond acceptors (Lipinski definition) is 11. The van der Waals surface area contributed by atoms with Gasteiger partial charge in [-0.2, -0.15) is 4.31 Å². The van der Waals surface area contributed by atoms with Crippen molar-refractivity contribution in [1.82, 2.24) is 14.9 Å². The Hall–Kier alpha value is -3.57. The van der Waals surface area contributed by atoms with Crippen molar-refractivity contribution in [1.29, 1.82) is 0 Å². The van der Waals surface area contributed by atoms with Crippen LogP contribution in [-0.2, 0) is 35.8 Å². The highest BCUT2D eigenvalue weighted by Gasteiger charge is 2.54. The largest absolute Gasteiger partial charge is 0.492 e. The average Bonchev–Trinajstić information content (AvgIpc) is 3.89. The number of nitrogens with zero attached hydrogens (tertiary/aromatic N) is 1. The standard InChI is InChI=1S/C39H51N3O10S2/c1-3-50-36-12-11-31(30-9-7-29(8-10-30)13-18-40-28(2)44)21-37(36)54(48,49)42-19-16-38(17-20-42)23-32(25-52-38)41-24-33(45)26-51-34-5-4-6-35(22-34)53(46,47)39(27-43)14-15-39/h4-12,21-22,32-33,41,43,45H,3,13-20,23-27H2,1-2H3,(H,40,44)/t32-,33+/m1/s1. The van der Waals surface area contributed by atoms with Crippen LogP contribution in [0.5, 0.6) is 11.5 Å². The van der Waals surface area contributed by atoms with Gasteiger partial charge in [-0.15, -0.1) is 0 Å². The molecular formula is C39H51N3O10S2. The van der Waals surface area contributed by atoms with E-state index in [1.54, 1.807) is 24.3 Å². The number of ether oxygens (including phenoxy) is 3. The Morgan fingerprint density at radius 3 is 2.37 bits per heavy atom. The SMILES string of the molecule is CCOc1ccc(-c2ccc(CCNC(C)=O)cc2)cc1S(=O)(=O)N1CCC2(CC1)C[C@@H](NC[C@H](O)COc1cccc(S(=O)(=O)C3(CO)CC3)c1)CO2. The van der Waals surface area contributed by atoms with E-state index in [4.69, 9.17) is 14.2 Å². The highest BCUT2D eigenvalue weighted by molar-refractivity contribution is 7.93. The van der Waals surface area contributed by atoms with Crippen molar-refractivity contribution in [3.63, 3.8) is 0 Å². The number of aliphatic hydroxyl groups excluding tert-OH is 2. The molecule has 0 unspecified atom stereocenters. The van der Waals surface area contributed by atoms with E-state index in [0.717, 1.165) is 16.7 Å². The summed E-state index contributed by atoms with van der Waals surface area (Å²) in [7, 11) is -7.59. The maximum absolute atomic E-state index is 14.1. The number of nitrogens with one attached hydrogen (secondary N) is 2. The van der Waals surface area contributed by atoms with Crippen LogP contribution in [0.15, 0.2) is 76.5 Å². The van der Waals surface area contributed by atoms with Crippen molar-refractivity contribution < 1.29 is 46.1 Å². The molecule has 294 valence electrons. The second-order valence-electron chi connectivity index (χ2n) is 14.5. The number of benzene rings is 3. The number of rotatable bonds is 17. The van der Waals surface area contributed by atoms with Crippen molar-refractivity contribution >= 4 is 25.8 Å². The lowest BCUT2D eigenvalue weighted by Crippen LogP contribution is -2.47. The number of amides is 1. The van der Waals surface area contributed by atoms with Crippen LogP contribution in [0.2, 0.25) is 0 Å². The first-order valence-electron chi connectivity index (χ1n) is 18.5. The molecule has 1 amide bonds. The predicted molar refractivity (Wildman–Crippen MR) is 203 cm³/mol. The molecule has 1 saturated carbocycles. The lowest BCUT2D eigenvalue weighted by atomic mass is 9.88. The molecule has 2 heterocycles. The monoisotopic (exact) mass is 785 g/mol. The van der Waals surface area contributed by atoms with Crippen LogP contribution in [0.25, 0.3) is 11.1 Å². The van der Waals surface area contributed by atoms with Gasteiger partial charge in [-0.1, -0.05) is 36.4 Å². The van der Waals surface area contributed by atoms with Gasteiger partial charge >= 0.3 is 0 Å². The molecule has 0 radical (unpaired) electrons.